The van der Waals surface area contributed by atoms with Crippen LogP contribution in [-0.2, 0) is 6.54 Å². The molecule has 0 aliphatic rings. The van der Waals surface area contributed by atoms with Gasteiger partial charge in [0.2, 0.25) is 0 Å². The van der Waals surface area contributed by atoms with E-state index in [1.807, 2.05) is 32.0 Å². The van der Waals surface area contributed by atoms with Crippen LogP contribution in [0.1, 0.15) is 23.6 Å². The molecular formula is C17H20FNO. The van der Waals surface area contributed by atoms with E-state index in [4.69, 9.17) is 4.74 Å². The molecule has 2 aromatic carbocycles. The highest BCUT2D eigenvalue weighted by atomic mass is 19.1. The van der Waals surface area contributed by atoms with Gasteiger partial charge in [-0.1, -0.05) is 13.0 Å². The van der Waals surface area contributed by atoms with E-state index in [0.717, 1.165) is 17.9 Å². The first-order chi connectivity index (χ1) is 9.60. The van der Waals surface area contributed by atoms with Gasteiger partial charge < -0.3 is 10.1 Å². The number of hydrogen-bond donors (Lipinski definition) is 1. The number of benzene rings is 2. The van der Waals surface area contributed by atoms with Crippen molar-refractivity contribution in [2.75, 3.05) is 6.54 Å². The summed E-state index contributed by atoms with van der Waals surface area (Å²) in [6.07, 6.45) is 0. The molecule has 2 rings (SSSR count). The monoisotopic (exact) mass is 273 g/mol. The van der Waals surface area contributed by atoms with Crippen LogP contribution in [0.5, 0.6) is 11.5 Å². The Hall–Kier alpha value is -1.87. The third kappa shape index (κ3) is 3.58. The predicted molar refractivity (Wildman–Crippen MR) is 79.8 cm³/mol. The molecule has 0 bridgehead atoms. The minimum atomic E-state index is -0.245. The van der Waals surface area contributed by atoms with Crippen LogP contribution in [0.3, 0.4) is 0 Å². The van der Waals surface area contributed by atoms with Crippen LogP contribution in [0.4, 0.5) is 4.39 Å². The van der Waals surface area contributed by atoms with E-state index in [9.17, 15) is 4.39 Å². The molecule has 0 aromatic heterocycles. The highest BCUT2D eigenvalue weighted by Gasteiger charge is 2.07. The van der Waals surface area contributed by atoms with Gasteiger partial charge in [-0.2, -0.15) is 0 Å². The van der Waals surface area contributed by atoms with Crippen molar-refractivity contribution in [1.29, 1.82) is 0 Å². The number of halogens is 1. The van der Waals surface area contributed by atoms with Gasteiger partial charge in [0.15, 0.2) is 0 Å². The van der Waals surface area contributed by atoms with Gasteiger partial charge in [0, 0.05) is 12.1 Å². The number of nitrogens with one attached hydrogen (secondary N) is 1. The molecule has 20 heavy (non-hydrogen) atoms. The molecule has 0 aliphatic carbocycles. The molecule has 0 amide bonds. The molecule has 3 heteroatoms. The van der Waals surface area contributed by atoms with E-state index in [-0.39, 0.29) is 5.82 Å². The summed E-state index contributed by atoms with van der Waals surface area (Å²) in [6.45, 7) is 7.55. The zero-order valence-electron chi connectivity index (χ0n) is 12.2. The number of rotatable bonds is 5. The van der Waals surface area contributed by atoms with Crippen LogP contribution in [-0.4, -0.2) is 6.54 Å². The summed E-state index contributed by atoms with van der Waals surface area (Å²) in [5.41, 5.74) is 3.23. The van der Waals surface area contributed by atoms with Crippen molar-refractivity contribution >= 4 is 0 Å². The fraction of sp³-hybridized carbons (Fsp3) is 0.294. The zero-order valence-corrected chi connectivity index (χ0v) is 12.2. The molecule has 0 spiro atoms. The van der Waals surface area contributed by atoms with Crippen molar-refractivity contribution < 1.29 is 9.13 Å². The second kappa shape index (κ2) is 6.53. The Morgan fingerprint density at radius 2 is 1.85 bits per heavy atom. The Labute approximate surface area is 119 Å². The molecule has 0 atom stereocenters. The molecule has 106 valence electrons. The van der Waals surface area contributed by atoms with Gasteiger partial charge in [0.25, 0.3) is 0 Å². The maximum absolute atomic E-state index is 13.3. The molecule has 0 heterocycles. The Morgan fingerprint density at radius 1 is 1.05 bits per heavy atom. The highest BCUT2D eigenvalue weighted by Crippen LogP contribution is 2.27. The molecule has 0 saturated heterocycles. The maximum atomic E-state index is 13.3. The molecule has 2 nitrogen and oxygen atoms in total. The molecular weight excluding hydrogens is 253 g/mol. The fourth-order valence-corrected chi connectivity index (χ4v) is 1.95. The lowest BCUT2D eigenvalue weighted by atomic mass is 10.1. The third-order valence-electron chi connectivity index (χ3n) is 3.29. The van der Waals surface area contributed by atoms with Gasteiger partial charge in [0.1, 0.15) is 17.3 Å². The number of ether oxygens (including phenoxy) is 1. The van der Waals surface area contributed by atoms with Gasteiger partial charge in [-0.25, -0.2) is 4.39 Å². The average Bonchev–Trinajstić information content (AvgIpc) is 2.43. The van der Waals surface area contributed by atoms with E-state index in [1.54, 1.807) is 6.07 Å². The smallest absolute Gasteiger partial charge is 0.132 e. The van der Waals surface area contributed by atoms with Crippen molar-refractivity contribution in [3.8, 4) is 11.5 Å². The molecule has 0 unspecified atom stereocenters. The van der Waals surface area contributed by atoms with Gasteiger partial charge in [-0.15, -0.1) is 0 Å². The topological polar surface area (TPSA) is 21.3 Å². The van der Waals surface area contributed by atoms with Crippen LogP contribution >= 0.6 is 0 Å². The fourth-order valence-electron chi connectivity index (χ4n) is 1.95. The molecule has 2 aromatic rings. The minimum Gasteiger partial charge on any atom is -0.457 e. The minimum absolute atomic E-state index is 0.245. The normalized spacial score (nSPS) is 10.6. The molecule has 0 saturated carbocycles. The van der Waals surface area contributed by atoms with Crippen LogP contribution in [0.15, 0.2) is 36.4 Å². The van der Waals surface area contributed by atoms with Gasteiger partial charge in [0.05, 0.1) is 0 Å². The molecule has 1 N–H and O–H groups in total. The van der Waals surface area contributed by atoms with Crippen LogP contribution in [0, 0.1) is 19.7 Å². The predicted octanol–water partition coefficient (Wildman–Crippen LogP) is 4.34. The lowest BCUT2D eigenvalue weighted by Gasteiger charge is -2.13. The van der Waals surface area contributed by atoms with Crippen molar-refractivity contribution in [3.05, 3.63) is 58.9 Å². The average molecular weight is 273 g/mol. The summed E-state index contributed by atoms with van der Waals surface area (Å²) in [7, 11) is 0. The Kier molecular flexibility index (Phi) is 4.74. The standard InChI is InChI=1S/C17H20FNO/c1-4-19-11-14-10-15(18)6-8-17(14)20-16-7-5-12(2)13(3)9-16/h5-10,19H,4,11H2,1-3H3. The first-order valence-electron chi connectivity index (χ1n) is 6.84. The van der Waals surface area contributed by atoms with Gasteiger partial charge in [-0.3, -0.25) is 0 Å². The van der Waals surface area contributed by atoms with Crippen LogP contribution in [0.25, 0.3) is 0 Å². The van der Waals surface area contributed by atoms with E-state index in [1.165, 1.54) is 23.3 Å². The molecule has 0 radical (unpaired) electrons. The Bertz CT molecular complexity index is 596. The largest absolute Gasteiger partial charge is 0.457 e. The SMILES string of the molecule is CCNCc1cc(F)ccc1Oc1ccc(C)c(C)c1. The lowest BCUT2D eigenvalue weighted by Crippen LogP contribution is -2.12. The zero-order chi connectivity index (χ0) is 14.5. The van der Waals surface area contributed by atoms with Crippen molar-refractivity contribution in [1.82, 2.24) is 5.32 Å². The summed E-state index contributed by atoms with van der Waals surface area (Å²) in [4.78, 5) is 0. The molecule has 0 aliphatic heterocycles. The molecule has 0 fully saturated rings. The summed E-state index contributed by atoms with van der Waals surface area (Å²) >= 11 is 0. The van der Waals surface area contributed by atoms with Gasteiger partial charge >= 0.3 is 0 Å². The van der Waals surface area contributed by atoms with E-state index in [0.29, 0.717) is 12.3 Å². The Morgan fingerprint density at radius 3 is 2.55 bits per heavy atom. The third-order valence-corrected chi connectivity index (χ3v) is 3.29. The van der Waals surface area contributed by atoms with Crippen molar-refractivity contribution in [3.63, 3.8) is 0 Å². The van der Waals surface area contributed by atoms with E-state index >= 15 is 0 Å². The lowest BCUT2D eigenvalue weighted by molar-refractivity contribution is 0.470. The summed E-state index contributed by atoms with van der Waals surface area (Å²) in [5.74, 6) is 1.22. The first kappa shape index (κ1) is 14.5. The summed E-state index contributed by atoms with van der Waals surface area (Å²) < 4.78 is 19.2. The van der Waals surface area contributed by atoms with Crippen molar-refractivity contribution in [2.45, 2.75) is 27.3 Å². The number of hydrogen-bond acceptors (Lipinski definition) is 2. The van der Waals surface area contributed by atoms with Crippen molar-refractivity contribution in [2.24, 2.45) is 0 Å². The summed E-state index contributed by atoms with van der Waals surface area (Å²) in [6, 6.07) is 10.6. The second-order valence-electron chi connectivity index (χ2n) is 4.88. The van der Waals surface area contributed by atoms with Crippen LogP contribution in [0.2, 0.25) is 0 Å². The second-order valence-corrected chi connectivity index (χ2v) is 4.88. The van der Waals surface area contributed by atoms with E-state index in [2.05, 4.69) is 12.2 Å². The quantitative estimate of drug-likeness (QED) is 0.874. The van der Waals surface area contributed by atoms with Crippen LogP contribution < -0.4 is 10.1 Å². The summed E-state index contributed by atoms with van der Waals surface area (Å²) in [5, 5.41) is 3.19. The highest BCUT2D eigenvalue weighted by molar-refractivity contribution is 5.40. The number of aryl methyl sites for hydroxylation is 2. The first-order valence-corrected chi connectivity index (χ1v) is 6.84. The van der Waals surface area contributed by atoms with E-state index < -0.39 is 0 Å². The van der Waals surface area contributed by atoms with Gasteiger partial charge in [-0.05, 0) is 61.9 Å². The maximum Gasteiger partial charge on any atom is 0.132 e. The Balaban J connectivity index is 2.25.